The molecule has 5 nitrogen and oxygen atoms in total. The molecule has 0 aliphatic heterocycles. The Kier molecular flexibility index (Phi) is 6.84. The minimum absolute atomic E-state index is 0.0274. The van der Waals surface area contributed by atoms with E-state index in [9.17, 15) is 18.1 Å². The largest absolute Gasteiger partial charge is 0.508 e. The number of benzene rings is 2. The van der Waals surface area contributed by atoms with Crippen LogP contribution >= 0.6 is 0 Å². The number of hydrogen-bond acceptors (Lipinski definition) is 4. The molecule has 25 heavy (non-hydrogen) atoms. The molecular weight excluding hydrogens is 340 g/mol. The monoisotopic (exact) mass is 364 g/mol. The average Bonchev–Trinajstić information content (AvgIpc) is 2.56. The molecule has 0 unspecified atom stereocenters. The topological polar surface area (TPSA) is 83.8 Å². The smallest absolute Gasteiger partial charge is 0.298 e. The van der Waals surface area contributed by atoms with Gasteiger partial charge in [-0.2, -0.15) is 8.42 Å². The van der Waals surface area contributed by atoms with Crippen LogP contribution in [0.15, 0.2) is 47.4 Å². The fourth-order valence-electron chi connectivity index (χ4n) is 2.61. The number of hydrogen-bond donors (Lipinski definition) is 2. The van der Waals surface area contributed by atoms with Gasteiger partial charge in [0, 0.05) is 6.07 Å². The van der Waals surface area contributed by atoms with Crippen molar-refractivity contribution in [1.29, 1.82) is 0 Å². The lowest BCUT2D eigenvalue weighted by Crippen LogP contribution is -2.01. The Hall–Kier alpha value is -2.05. The normalized spacial score (nSPS) is 11.4. The molecule has 0 atom stereocenters. The van der Waals surface area contributed by atoms with Gasteiger partial charge in [-0.05, 0) is 42.7 Å². The summed E-state index contributed by atoms with van der Waals surface area (Å²) >= 11 is 0. The van der Waals surface area contributed by atoms with Crippen LogP contribution in [0, 0.1) is 0 Å². The number of unbranched alkanes of at least 4 members (excludes halogenated alkanes) is 4. The van der Waals surface area contributed by atoms with E-state index in [1.165, 1.54) is 37.8 Å². The highest BCUT2D eigenvalue weighted by Gasteiger charge is 2.18. The zero-order valence-corrected chi connectivity index (χ0v) is 15.1. The lowest BCUT2D eigenvalue weighted by Gasteiger charge is -2.11. The van der Waals surface area contributed by atoms with Crippen molar-refractivity contribution in [3.8, 4) is 17.2 Å². The van der Waals surface area contributed by atoms with Crippen LogP contribution in [-0.2, 0) is 16.5 Å². The van der Waals surface area contributed by atoms with Crippen molar-refractivity contribution in [2.24, 2.45) is 0 Å². The van der Waals surface area contributed by atoms with Gasteiger partial charge in [0.15, 0.2) is 0 Å². The summed E-state index contributed by atoms with van der Waals surface area (Å²) in [7, 11) is -4.49. The van der Waals surface area contributed by atoms with Crippen LogP contribution in [0.5, 0.6) is 17.2 Å². The van der Waals surface area contributed by atoms with E-state index >= 15 is 0 Å². The summed E-state index contributed by atoms with van der Waals surface area (Å²) in [5.74, 6) is 0.197. The SMILES string of the molecule is CCCCCCCc1cccc(Oc2ccc(O)cc2S(=O)(=O)O)c1. The zero-order chi connectivity index (χ0) is 18.3. The number of phenolic OH excluding ortho intramolecular Hbond substituents is 1. The van der Waals surface area contributed by atoms with E-state index < -0.39 is 15.0 Å². The van der Waals surface area contributed by atoms with Crippen LogP contribution in [0.1, 0.15) is 44.6 Å². The molecule has 2 aromatic carbocycles. The predicted octanol–water partition coefficient (Wildman–Crippen LogP) is 4.94. The highest BCUT2D eigenvalue weighted by Crippen LogP contribution is 2.32. The summed E-state index contributed by atoms with van der Waals surface area (Å²) in [6.07, 6.45) is 6.91. The second kappa shape index (κ2) is 8.87. The maximum absolute atomic E-state index is 11.5. The molecule has 0 aliphatic carbocycles. The maximum Gasteiger partial charge on any atom is 0.298 e. The molecule has 0 aliphatic rings. The van der Waals surface area contributed by atoms with Gasteiger partial charge in [0.05, 0.1) is 0 Å². The lowest BCUT2D eigenvalue weighted by atomic mass is 10.1. The average molecular weight is 364 g/mol. The second-order valence-corrected chi connectivity index (χ2v) is 7.41. The highest BCUT2D eigenvalue weighted by molar-refractivity contribution is 7.86. The number of phenols is 1. The van der Waals surface area contributed by atoms with Crippen LogP contribution in [0.25, 0.3) is 0 Å². The third-order valence-corrected chi connectivity index (χ3v) is 4.78. The molecule has 0 spiro atoms. The van der Waals surface area contributed by atoms with Crippen LogP contribution in [0.2, 0.25) is 0 Å². The van der Waals surface area contributed by atoms with Crippen molar-refractivity contribution < 1.29 is 22.8 Å². The van der Waals surface area contributed by atoms with Gasteiger partial charge in [0.1, 0.15) is 22.1 Å². The molecule has 0 aromatic heterocycles. The third kappa shape index (κ3) is 6.07. The Morgan fingerprint density at radius 3 is 2.48 bits per heavy atom. The molecule has 136 valence electrons. The van der Waals surface area contributed by atoms with Gasteiger partial charge in [-0.15, -0.1) is 0 Å². The number of ether oxygens (including phenoxy) is 1. The zero-order valence-electron chi connectivity index (χ0n) is 14.3. The second-order valence-electron chi connectivity index (χ2n) is 6.02. The van der Waals surface area contributed by atoms with E-state index in [0.717, 1.165) is 24.5 Å². The van der Waals surface area contributed by atoms with Crippen LogP contribution < -0.4 is 4.74 Å². The molecule has 2 rings (SSSR count). The van der Waals surface area contributed by atoms with E-state index in [1.807, 2.05) is 18.2 Å². The summed E-state index contributed by atoms with van der Waals surface area (Å²) in [6, 6.07) is 11.0. The fraction of sp³-hybridized carbons (Fsp3) is 0.368. The first kappa shape index (κ1) is 19.3. The molecule has 2 N–H and O–H groups in total. The molecule has 0 radical (unpaired) electrons. The predicted molar refractivity (Wildman–Crippen MR) is 96.9 cm³/mol. The van der Waals surface area contributed by atoms with E-state index in [2.05, 4.69) is 6.92 Å². The van der Waals surface area contributed by atoms with Crippen molar-refractivity contribution in [3.63, 3.8) is 0 Å². The minimum Gasteiger partial charge on any atom is -0.508 e. The van der Waals surface area contributed by atoms with E-state index in [-0.39, 0.29) is 11.5 Å². The lowest BCUT2D eigenvalue weighted by molar-refractivity contribution is 0.438. The Labute approximate surface area is 149 Å². The molecule has 0 saturated carbocycles. The number of rotatable bonds is 9. The Balaban J connectivity index is 2.10. The summed E-state index contributed by atoms with van der Waals surface area (Å²) in [6.45, 7) is 2.19. The van der Waals surface area contributed by atoms with E-state index in [1.54, 1.807) is 6.07 Å². The van der Waals surface area contributed by atoms with E-state index in [4.69, 9.17) is 4.74 Å². The van der Waals surface area contributed by atoms with Crippen LogP contribution in [0.4, 0.5) is 0 Å². The van der Waals surface area contributed by atoms with Gasteiger partial charge in [-0.25, -0.2) is 0 Å². The first-order valence-electron chi connectivity index (χ1n) is 8.47. The number of aromatic hydroxyl groups is 1. The molecular formula is C19H24O5S. The van der Waals surface area contributed by atoms with Gasteiger partial charge >= 0.3 is 0 Å². The van der Waals surface area contributed by atoms with Gasteiger partial charge in [-0.1, -0.05) is 44.7 Å². The summed E-state index contributed by atoms with van der Waals surface area (Å²) in [4.78, 5) is -0.461. The van der Waals surface area contributed by atoms with Crippen LogP contribution in [-0.4, -0.2) is 18.1 Å². The van der Waals surface area contributed by atoms with Crippen molar-refractivity contribution in [2.45, 2.75) is 50.3 Å². The first-order chi connectivity index (χ1) is 11.9. The third-order valence-electron chi connectivity index (χ3n) is 3.90. The minimum atomic E-state index is -4.49. The quantitative estimate of drug-likeness (QED) is 0.486. The molecule has 0 amide bonds. The van der Waals surface area contributed by atoms with Crippen LogP contribution in [0.3, 0.4) is 0 Å². The van der Waals surface area contributed by atoms with E-state index in [0.29, 0.717) is 5.75 Å². The summed E-state index contributed by atoms with van der Waals surface area (Å²) < 4.78 is 37.8. The Bertz CT molecular complexity index is 799. The fourth-order valence-corrected chi connectivity index (χ4v) is 3.24. The van der Waals surface area contributed by atoms with Gasteiger partial charge in [0.2, 0.25) is 0 Å². The molecule has 2 aromatic rings. The Morgan fingerprint density at radius 2 is 1.76 bits per heavy atom. The van der Waals surface area contributed by atoms with Crippen molar-refractivity contribution in [3.05, 3.63) is 48.0 Å². The maximum atomic E-state index is 11.5. The molecule has 0 bridgehead atoms. The van der Waals surface area contributed by atoms with Gasteiger partial charge < -0.3 is 9.84 Å². The highest BCUT2D eigenvalue weighted by atomic mass is 32.2. The van der Waals surface area contributed by atoms with Gasteiger partial charge in [0.25, 0.3) is 10.1 Å². The molecule has 0 fully saturated rings. The molecule has 0 heterocycles. The van der Waals surface area contributed by atoms with Gasteiger partial charge in [-0.3, -0.25) is 4.55 Å². The number of aryl methyl sites for hydroxylation is 1. The molecule has 0 saturated heterocycles. The Morgan fingerprint density at radius 1 is 1.00 bits per heavy atom. The summed E-state index contributed by atoms with van der Waals surface area (Å²) in [5.41, 5.74) is 1.11. The first-order valence-corrected chi connectivity index (χ1v) is 9.91. The van der Waals surface area contributed by atoms with Crippen molar-refractivity contribution in [2.75, 3.05) is 0 Å². The molecule has 6 heteroatoms. The van der Waals surface area contributed by atoms with Crippen molar-refractivity contribution in [1.82, 2.24) is 0 Å². The summed E-state index contributed by atoms with van der Waals surface area (Å²) in [5, 5.41) is 9.44. The standard InChI is InChI=1S/C19H24O5S/c1-2-3-4-5-6-8-15-9-7-10-17(13-15)24-18-12-11-16(20)14-19(18)25(21,22)23/h7,9-14,20H,2-6,8H2,1H3,(H,21,22,23). The van der Waals surface area contributed by atoms with Crippen molar-refractivity contribution >= 4 is 10.1 Å².